The second-order valence-electron chi connectivity index (χ2n) is 8.77. The zero-order valence-electron chi connectivity index (χ0n) is 18.4. The van der Waals surface area contributed by atoms with Crippen molar-refractivity contribution in [2.45, 2.75) is 74.7 Å². The Hall–Kier alpha value is -2.13. The van der Waals surface area contributed by atoms with Gasteiger partial charge in [-0.2, -0.15) is 0 Å². The van der Waals surface area contributed by atoms with Gasteiger partial charge in [0.25, 0.3) is 0 Å². The Bertz CT molecular complexity index is 1010. The molecule has 2 fully saturated rings. The maximum Gasteiger partial charge on any atom is 0.221 e. The number of aliphatic hydroxyl groups is 6. The first-order chi connectivity index (χ1) is 16.1. The summed E-state index contributed by atoms with van der Waals surface area (Å²) in [5, 5.41) is 62.3. The molecule has 1 aromatic carbocycles. The van der Waals surface area contributed by atoms with Crippen molar-refractivity contribution in [3.8, 4) is 0 Å². The van der Waals surface area contributed by atoms with Crippen molar-refractivity contribution in [2.24, 2.45) is 5.73 Å². The molecule has 2 aromatic rings. The van der Waals surface area contributed by atoms with Gasteiger partial charge in [0.15, 0.2) is 12.5 Å². The molecular weight excluding hydrogens is 452 g/mol. The van der Waals surface area contributed by atoms with Gasteiger partial charge in [-0.3, -0.25) is 4.79 Å². The highest BCUT2D eigenvalue weighted by Crippen LogP contribution is 2.34. The summed E-state index contributed by atoms with van der Waals surface area (Å²) in [4.78, 5) is 11.5. The summed E-state index contributed by atoms with van der Waals surface area (Å²) < 4.78 is 18.4. The zero-order chi connectivity index (χ0) is 24.7. The topological polar surface area (TPSA) is 197 Å². The quantitative estimate of drug-likeness (QED) is 0.231. The Balaban J connectivity index is 1.56. The molecule has 3 heterocycles. The lowest BCUT2D eigenvalue weighted by Gasteiger charge is -2.43. The largest absolute Gasteiger partial charge is 0.388 e. The summed E-state index contributed by atoms with van der Waals surface area (Å²) in [7, 11) is 0. The van der Waals surface area contributed by atoms with Crippen molar-refractivity contribution in [1.29, 1.82) is 0 Å². The number of carbonyl (C=O) groups is 1. The highest BCUT2D eigenvalue weighted by Gasteiger charge is 2.47. The van der Waals surface area contributed by atoms with E-state index in [2.05, 4.69) is 0 Å². The number of primary amides is 1. The number of ether oxygens (including phenoxy) is 3. The van der Waals surface area contributed by atoms with Gasteiger partial charge in [-0.05, 0) is 18.6 Å². The van der Waals surface area contributed by atoms with Crippen LogP contribution in [-0.4, -0.2) is 103 Å². The molecule has 0 saturated carbocycles. The summed E-state index contributed by atoms with van der Waals surface area (Å²) in [6.45, 7) is 1.13. The van der Waals surface area contributed by atoms with E-state index >= 15 is 0 Å². The summed E-state index contributed by atoms with van der Waals surface area (Å²) in [5.41, 5.74) is 6.58. The fraction of sp³-hybridized carbons (Fsp3) is 0.591. The van der Waals surface area contributed by atoms with E-state index in [4.69, 9.17) is 19.9 Å². The molecule has 12 nitrogen and oxygen atoms in total. The van der Waals surface area contributed by atoms with E-state index in [0.717, 1.165) is 0 Å². The molecule has 4 rings (SSSR count). The van der Waals surface area contributed by atoms with Gasteiger partial charge in [0, 0.05) is 11.6 Å². The fourth-order valence-corrected chi connectivity index (χ4v) is 4.46. The minimum atomic E-state index is -1.60. The molecule has 0 spiro atoms. The van der Waals surface area contributed by atoms with Crippen LogP contribution in [0.4, 0.5) is 0 Å². The molecule has 34 heavy (non-hydrogen) atoms. The minimum absolute atomic E-state index is 0.0443. The van der Waals surface area contributed by atoms with Gasteiger partial charge in [0.05, 0.1) is 24.6 Å². The third-order valence-corrected chi connectivity index (χ3v) is 6.38. The number of benzene rings is 1. The fourth-order valence-electron chi connectivity index (χ4n) is 4.46. The van der Waals surface area contributed by atoms with Gasteiger partial charge >= 0.3 is 0 Å². The summed E-state index contributed by atoms with van der Waals surface area (Å²) >= 11 is 0. The number of nitrogens with zero attached hydrogens (tertiary/aromatic N) is 1. The van der Waals surface area contributed by atoms with Crippen molar-refractivity contribution < 1.29 is 49.6 Å². The van der Waals surface area contributed by atoms with Crippen LogP contribution >= 0.6 is 0 Å². The van der Waals surface area contributed by atoms with Crippen molar-refractivity contribution in [2.75, 3.05) is 6.61 Å². The van der Waals surface area contributed by atoms with Crippen LogP contribution in [-0.2, 0) is 25.4 Å². The number of fused-ring (bicyclic) bond motifs is 1. The lowest BCUT2D eigenvalue weighted by Crippen LogP contribution is -2.59. The highest BCUT2D eigenvalue weighted by molar-refractivity contribution is 5.89. The Morgan fingerprint density at radius 2 is 1.65 bits per heavy atom. The van der Waals surface area contributed by atoms with Gasteiger partial charge < -0.3 is 55.2 Å². The van der Waals surface area contributed by atoms with Crippen LogP contribution in [0, 0.1) is 0 Å². The second kappa shape index (κ2) is 9.85. The number of amides is 1. The average Bonchev–Trinajstić information content (AvgIpc) is 3.16. The van der Waals surface area contributed by atoms with Crippen molar-refractivity contribution in [1.82, 2.24) is 4.57 Å². The normalized spacial score (nSPS) is 38.8. The maximum absolute atomic E-state index is 11.5. The van der Waals surface area contributed by atoms with E-state index in [-0.39, 0.29) is 13.0 Å². The molecule has 0 bridgehead atoms. The Kier molecular flexibility index (Phi) is 7.24. The molecule has 2 aliphatic heterocycles. The molecule has 1 aromatic heterocycles. The van der Waals surface area contributed by atoms with Crippen molar-refractivity contribution in [3.63, 3.8) is 0 Å². The standard InChI is InChI=1S/C22H30N2O10/c1-9-15(26)17(28)20(31)22(33-9)32-8-13-16(27)18(29)19(30)21(34-13)24-7-10(6-14(23)25)11-4-2-3-5-12(11)24/h2-5,7,9,13,15-22,26-31H,6,8H2,1H3,(H2,23,25)/t9-,13-,15-,16-,17+,18+,19-,20+,21?,22?/m1/s1. The molecule has 2 saturated heterocycles. The average molecular weight is 482 g/mol. The zero-order valence-corrected chi connectivity index (χ0v) is 18.4. The van der Waals surface area contributed by atoms with Crippen LogP contribution in [0.1, 0.15) is 18.7 Å². The number of rotatable bonds is 6. The van der Waals surface area contributed by atoms with E-state index < -0.39 is 67.3 Å². The SMILES string of the molecule is C[C@H]1OC(OC[C@H]2OC(n3cc(CC(N)=O)c4ccccc43)[C@H](O)[C@@H](O)[C@@H]2O)[C@@H](O)[C@@H](O)[C@@H]1O. The van der Waals surface area contributed by atoms with Crippen LogP contribution in [0.25, 0.3) is 10.9 Å². The van der Waals surface area contributed by atoms with Gasteiger partial charge in [0.2, 0.25) is 5.91 Å². The van der Waals surface area contributed by atoms with Crippen molar-refractivity contribution in [3.05, 3.63) is 36.0 Å². The molecule has 0 aliphatic carbocycles. The highest BCUT2D eigenvalue weighted by atomic mass is 16.7. The van der Waals surface area contributed by atoms with E-state index in [9.17, 15) is 35.4 Å². The molecule has 188 valence electrons. The second-order valence-corrected chi connectivity index (χ2v) is 8.77. The van der Waals surface area contributed by atoms with Crippen LogP contribution in [0.5, 0.6) is 0 Å². The molecule has 2 aliphatic rings. The summed E-state index contributed by atoms with van der Waals surface area (Å²) in [6, 6.07) is 7.08. The number of para-hydroxylation sites is 1. The van der Waals surface area contributed by atoms with Crippen molar-refractivity contribution >= 4 is 16.8 Å². The Labute approximate surface area is 194 Å². The first-order valence-corrected chi connectivity index (χ1v) is 11.0. The van der Waals surface area contributed by atoms with Gasteiger partial charge in [-0.15, -0.1) is 0 Å². The summed E-state index contributed by atoms with van der Waals surface area (Å²) in [6.07, 6.45) is -11.9. The molecular formula is C22H30N2O10. The lowest BCUT2D eigenvalue weighted by atomic mass is 9.98. The summed E-state index contributed by atoms with van der Waals surface area (Å²) in [5.74, 6) is -0.540. The predicted molar refractivity (Wildman–Crippen MR) is 115 cm³/mol. The number of hydrogen-bond acceptors (Lipinski definition) is 10. The predicted octanol–water partition coefficient (Wildman–Crippen LogP) is -2.51. The third-order valence-electron chi connectivity index (χ3n) is 6.38. The number of aromatic nitrogens is 1. The first kappa shape index (κ1) is 25.0. The number of carbonyl (C=O) groups excluding carboxylic acids is 1. The van der Waals surface area contributed by atoms with Crippen LogP contribution in [0.3, 0.4) is 0 Å². The minimum Gasteiger partial charge on any atom is -0.388 e. The molecule has 0 radical (unpaired) electrons. The van der Waals surface area contributed by atoms with E-state index in [0.29, 0.717) is 16.5 Å². The molecule has 1 amide bonds. The van der Waals surface area contributed by atoms with Gasteiger partial charge in [0.1, 0.15) is 42.7 Å². The van der Waals surface area contributed by atoms with Crippen LogP contribution < -0.4 is 5.73 Å². The first-order valence-electron chi connectivity index (χ1n) is 11.0. The van der Waals surface area contributed by atoms with Gasteiger partial charge in [-0.1, -0.05) is 18.2 Å². The molecule has 8 N–H and O–H groups in total. The van der Waals surface area contributed by atoms with Crippen LogP contribution in [0.15, 0.2) is 30.5 Å². The third kappa shape index (κ3) is 4.56. The smallest absolute Gasteiger partial charge is 0.221 e. The number of hydrogen-bond donors (Lipinski definition) is 7. The van der Waals surface area contributed by atoms with E-state index in [1.807, 2.05) is 0 Å². The maximum atomic E-state index is 11.5. The Morgan fingerprint density at radius 3 is 2.35 bits per heavy atom. The number of nitrogens with two attached hydrogens (primary N) is 1. The number of aliphatic hydroxyl groups excluding tert-OH is 6. The van der Waals surface area contributed by atoms with E-state index in [1.165, 1.54) is 6.92 Å². The molecule has 12 heteroatoms. The molecule has 10 atom stereocenters. The van der Waals surface area contributed by atoms with E-state index in [1.54, 1.807) is 35.0 Å². The monoisotopic (exact) mass is 482 g/mol. The van der Waals surface area contributed by atoms with Gasteiger partial charge in [-0.25, -0.2) is 0 Å². The van der Waals surface area contributed by atoms with Crippen LogP contribution in [0.2, 0.25) is 0 Å². The Morgan fingerprint density at radius 1 is 0.971 bits per heavy atom. The lowest BCUT2D eigenvalue weighted by molar-refractivity contribution is -0.311. The molecule has 2 unspecified atom stereocenters.